The molecule has 1 N–H and O–H groups in total. The van der Waals surface area contributed by atoms with Crippen LogP contribution in [0.3, 0.4) is 0 Å². The van der Waals surface area contributed by atoms with Gasteiger partial charge in [0.2, 0.25) is 0 Å². The van der Waals surface area contributed by atoms with Crippen LogP contribution in [0, 0.1) is 5.92 Å². The van der Waals surface area contributed by atoms with Crippen molar-refractivity contribution < 1.29 is 5.11 Å². The molecule has 1 rings (SSSR count). The topological polar surface area (TPSA) is 20.2 Å². The summed E-state index contributed by atoms with van der Waals surface area (Å²) < 4.78 is 0. The Morgan fingerprint density at radius 2 is 1.74 bits per heavy atom. The number of halogens is 1. The normalized spacial score (nSPS) is 14.6. The van der Waals surface area contributed by atoms with Gasteiger partial charge in [0.1, 0.15) is 0 Å². The Balaban J connectivity index is 2.70. The van der Waals surface area contributed by atoms with Gasteiger partial charge in [0, 0.05) is 5.02 Å². The van der Waals surface area contributed by atoms with E-state index in [4.69, 9.17) is 11.6 Å². The second kappa shape index (κ2) is 8.60. The van der Waals surface area contributed by atoms with E-state index in [1.807, 2.05) is 12.1 Å². The molecule has 1 aromatic carbocycles. The van der Waals surface area contributed by atoms with Crippen molar-refractivity contribution in [3.8, 4) is 0 Å². The van der Waals surface area contributed by atoms with E-state index in [0.29, 0.717) is 11.8 Å². The third-order valence-electron chi connectivity index (χ3n) is 3.79. The van der Waals surface area contributed by atoms with Crippen LogP contribution >= 0.6 is 11.6 Å². The standard InChI is InChI=1S/C17H27ClO/c1-4-5-6-7-15(12-17(19)13(2)3)14-8-10-16(18)11-9-14/h8-11,13,15,17,19H,4-7,12H2,1-3H3. The van der Waals surface area contributed by atoms with Gasteiger partial charge in [-0.05, 0) is 42.4 Å². The first-order valence-corrected chi connectivity index (χ1v) is 7.86. The highest BCUT2D eigenvalue weighted by Gasteiger charge is 2.18. The highest BCUT2D eigenvalue weighted by atomic mass is 35.5. The number of benzene rings is 1. The number of unbranched alkanes of at least 4 members (excludes halogenated alkanes) is 2. The fourth-order valence-electron chi connectivity index (χ4n) is 2.36. The highest BCUT2D eigenvalue weighted by Crippen LogP contribution is 2.30. The molecule has 1 nitrogen and oxygen atoms in total. The van der Waals surface area contributed by atoms with Crippen LogP contribution in [0.2, 0.25) is 5.02 Å². The molecule has 0 saturated heterocycles. The molecule has 0 heterocycles. The van der Waals surface area contributed by atoms with E-state index in [1.54, 1.807) is 0 Å². The van der Waals surface area contributed by atoms with E-state index in [-0.39, 0.29) is 6.10 Å². The van der Waals surface area contributed by atoms with Gasteiger partial charge in [0.25, 0.3) is 0 Å². The van der Waals surface area contributed by atoms with Crippen LogP contribution in [0.25, 0.3) is 0 Å². The Kier molecular flexibility index (Phi) is 7.48. The van der Waals surface area contributed by atoms with E-state index in [1.165, 1.54) is 24.8 Å². The zero-order valence-electron chi connectivity index (χ0n) is 12.4. The third-order valence-corrected chi connectivity index (χ3v) is 4.05. The van der Waals surface area contributed by atoms with E-state index < -0.39 is 0 Å². The summed E-state index contributed by atoms with van der Waals surface area (Å²) in [5.74, 6) is 0.766. The highest BCUT2D eigenvalue weighted by molar-refractivity contribution is 6.30. The van der Waals surface area contributed by atoms with E-state index in [2.05, 4.69) is 32.9 Å². The van der Waals surface area contributed by atoms with Crippen LogP contribution in [0.15, 0.2) is 24.3 Å². The van der Waals surface area contributed by atoms with Gasteiger partial charge in [-0.15, -0.1) is 0 Å². The summed E-state index contributed by atoms with van der Waals surface area (Å²) >= 11 is 5.95. The quantitative estimate of drug-likeness (QED) is 0.632. The van der Waals surface area contributed by atoms with E-state index in [0.717, 1.165) is 17.9 Å². The zero-order chi connectivity index (χ0) is 14.3. The number of hydrogen-bond donors (Lipinski definition) is 1. The van der Waals surface area contributed by atoms with Gasteiger partial charge < -0.3 is 5.11 Å². The Morgan fingerprint density at radius 1 is 1.11 bits per heavy atom. The lowest BCUT2D eigenvalue weighted by atomic mass is 9.86. The molecular weight excluding hydrogens is 256 g/mol. The van der Waals surface area contributed by atoms with Crippen LogP contribution < -0.4 is 0 Å². The first-order valence-electron chi connectivity index (χ1n) is 7.48. The fraction of sp³-hybridized carbons (Fsp3) is 0.647. The Labute approximate surface area is 123 Å². The van der Waals surface area contributed by atoms with Gasteiger partial charge in [-0.3, -0.25) is 0 Å². The van der Waals surface area contributed by atoms with Crippen molar-refractivity contribution in [1.82, 2.24) is 0 Å². The molecule has 2 atom stereocenters. The van der Waals surface area contributed by atoms with Crippen LogP contribution in [-0.2, 0) is 0 Å². The number of hydrogen-bond acceptors (Lipinski definition) is 1. The van der Waals surface area contributed by atoms with Gasteiger partial charge in [-0.25, -0.2) is 0 Å². The maximum atomic E-state index is 10.1. The average Bonchev–Trinajstić information content (AvgIpc) is 2.38. The predicted molar refractivity (Wildman–Crippen MR) is 83.8 cm³/mol. The van der Waals surface area contributed by atoms with Crippen molar-refractivity contribution in [3.63, 3.8) is 0 Å². The minimum Gasteiger partial charge on any atom is -0.393 e. The van der Waals surface area contributed by atoms with Gasteiger partial charge in [0.05, 0.1) is 6.10 Å². The molecule has 0 radical (unpaired) electrons. The van der Waals surface area contributed by atoms with Crippen molar-refractivity contribution in [1.29, 1.82) is 0 Å². The van der Waals surface area contributed by atoms with Crippen molar-refractivity contribution in [2.45, 2.75) is 64.9 Å². The predicted octanol–water partition coefficient (Wildman–Crippen LogP) is 5.41. The smallest absolute Gasteiger partial charge is 0.0569 e. The molecule has 2 unspecified atom stereocenters. The SMILES string of the molecule is CCCCCC(CC(O)C(C)C)c1ccc(Cl)cc1. The van der Waals surface area contributed by atoms with Crippen molar-refractivity contribution in [3.05, 3.63) is 34.9 Å². The molecule has 0 aromatic heterocycles. The number of aliphatic hydroxyl groups excluding tert-OH is 1. The Morgan fingerprint density at radius 3 is 2.26 bits per heavy atom. The first-order chi connectivity index (χ1) is 9.04. The molecule has 0 saturated carbocycles. The van der Waals surface area contributed by atoms with Crippen molar-refractivity contribution >= 4 is 11.6 Å². The average molecular weight is 283 g/mol. The lowest BCUT2D eigenvalue weighted by molar-refractivity contribution is 0.106. The van der Waals surface area contributed by atoms with Crippen LogP contribution in [-0.4, -0.2) is 11.2 Å². The lowest BCUT2D eigenvalue weighted by Crippen LogP contribution is -2.18. The molecule has 0 spiro atoms. The van der Waals surface area contributed by atoms with Gasteiger partial charge >= 0.3 is 0 Å². The monoisotopic (exact) mass is 282 g/mol. The molecule has 0 fully saturated rings. The maximum absolute atomic E-state index is 10.1. The minimum absolute atomic E-state index is 0.220. The molecular formula is C17H27ClO. The largest absolute Gasteiger partial charge is 0.393 e. The van der Waals surface area contributed by atoms with Crippen LogP contribution in [0.1, 0.15) is 64.4 Å². The molecule has 0 aliphatic heterocycles. The van der Waals surface area contributed by atoms with Gasteiger partial charge in [-0.2, -0.15) is 0 Å². The fourth-order valence-corrected chi connectivity index (χ4v) is 2.49. The zero-order valence-corrected chi connectivity index (χ0v) is 13.2. The van der Waals surface area contributed by atoms with Crippen LogP contribution in [0.5, 0.6) is 0 Å². The number of rotatable bonds is 8. The molecule has 19 heavy (non-hydrogen) atoms. The van der Waals surface area contributed by atoms with Crippen molar-refractivity contribution in [2.75, 3.05) is 0 Å². The van der Waals surface area contributed by atoms with E-state index >= 15 is 0 Å². The molecule has 0 aliphatic rings. The summed E-state index contributed by atoms with van der Waals surface area (Å²) in [5, 5.41) is 10.9. The summed E-state index contributed by atoms with van der Waals surface area (Å²) in [6, 6.07) is 8.11. The maximum Gasteiger partial charge on any atom is 0.0569 e. The molecule has 1 aromatic rings. The molecule has 0 amide bonds. The molecule has 2 heteroatoms. The molecule has 0 bridgehead atoms. The second-order valence-electron chi connectivity index (χ2n) is 5.79. The number of aliphatic hydroxyl groups is 1. The lowest BCUT2D eigenvalue weighted by Gasteiger charge is -2.23. The van der Waals surface area contributed by atoms with Gasteiger partial charge in [-0.1, -0.05) is 63.8 Å². The summed E-state index contributed by atoms with van der Waals surface area (Å²) in [4.78, 5) is 0. The second-order valence-corrected chi connectivity index (χ2v) is 6.23. The van der Waals surface area contributed by atoms with E-state index in [9.17, 15) is 5.11 Å². The molecule has 0 aliphatic carbocycles. The summed E-state index contributed by atoms with van der Waals surface area (Å²) in [6.45, 7) is 6.38. The summed E-state index contributed by atoms with van der Waals surface area (Å²) in [7, 11) is 0. The van der Waals surface area contributed by atoms with Gasteiger partial charge in [0.15, 0.2) is 0 Å². The summed E-state index contributed by atoms with van der Waals surface area (Å²) in [6.07, 6.45) is 5.51. The van der Waals surface area contributed by atoms with Crippen LogP contribution in [0.4, 0.5) is 0 Å². The van der Waals surface area contributed by atoms with Crippen molar-refractivity contribution in [2.24, 2.45) is 5.92 Å². The third kappa shape index (κ3) is 5.97. The molecule has 108 valence electrons. The first kappa shape index (κ1) is 16.5. The Hall–Kier alpha value is -0.530. The Bertz CT molecular complexity index is 345. The minimum atomic E-state index is -0.220. The summed E-state index contributed by atoms with van der Waals surface area (Å²) in [5.41, 5.74) is 1.31.